The van der Waals surface area contributed by atoms with Gasteiger partial charge in [-0.1, -0.05) is 0 Å². The van der Waals surface area contributed by atoms with Crippen LogP contribution in [0.15, 0.2) is 45.9 Å². The molecule has 2 aromatic rings. The Bertz CT molecular complexity index is 480. The van der Waals surface area contributed by atoms with Crippen LogP contribution in [0.4, 0.5) is 10.7 Å². The normalized spacial score (nSPS) is 10.9. The molecule has 1 heterocycles. The van der Waals surface area contributed by atoms with Crippen LogP contribution in [0, 0.1) is 0 Å². The van der Waals surface area contributed by atoms with Gasteiger partial charge >= 0.3 is 0 Å². The van der Waals surface area contributed by atoms with Gasteiger partial charge in [0.15, 0.2) is 0 Å². The van der Waals surface area contributed by atoms with E-state index in [2.05, 4.69) is 10.2 Å². The van der Waals surface area contributed by atoms with Crippen LogP contribution in [0.5, 0.6) is 11.5 Å². The van der Waals surface area contributed by atoms with E-state index < -0.39 is 0 Å². The molecule has 1 aromatic heterocycles. The van der Waals surface area contributed by atoms with Gasteiger partial charge in [0.2, 0.25) is 0 Å². The quantitative estimate of drug-likeness (QED) is 0.760. The number of azo groups is 1. The smallest absolute Gasteiger partial charge is 0.146 e. The third-order valence-electron chi connectivity index (χ3n) is 1.72. The summed E-state index contributed by atoms with van der Waals surface area (Å²) < 4.78 is 0. The van der Waals surface area contributed by atoms with Gasteiger partial charge in [-0.25, -0.2) is 0 Å². The van der Waals surface area contributed by atoms with Gasteiger partial charge in [-0.2, -0.15) is 0 Å². The summed E-state index contributed by atoms with van der Waals surface area (Å²) in [4.78, 5) is 0. The number of rotatable bonds is 2. The largest absolute Gasteiger partial charge is 0.508 e. The van der Waals surface area contributed by atoms with Gasteiger partial charge in [0.25, 0.3) is 0 Å². The summed E-state index contributed by atoms with van der Waals surface area (Å²) in [6, 6.07) is 7.87. The van der Waals surface area contributed by atoms with Gasteiger partial charge in [0, 0.05) is 6.07 Å². The van der Waals surface area contributed by atoms with Crippen LogP contribution in [-0.2, 0) is 0 Å². The first-order valence-electron chi connectivity index (χ1n) is 4.23. The van der Waals surface area contributed by atoms with Crippen LogP contribution in [0.2, 0.25) is 0 Å². The molecule has 0 bridgehead atoms. The number of hydrogen-bond donors (Lipinski definition) is 2. The molecule has 15 heavy (non-hydrogen) atoms. The Balaban J connectivity index is 2.24. The van der Waals surface area contributed by atoms with Crippen LogP contribution in [0.1, 0.15) is 0 Å². The molecule has 2 N–H and O–H groups in total. The molecular weight excluding hydrogens is 212 g/mol. The zero-order valence-corrected chi connectivity index (χ0v) is 8.48. The Morgan fingerprint density at radius 1 is 1.07 bits per heavy atom. The second kappa shape index (κ2) is 4.10. The monoisotopic (exact) mass is 220 g/mol. The third kappa shape index (κ3) is 2.32. The SMILES string of the molecule is Oc1ccc(N=Nc2cccs2)c(O)c1. The molecule has 0 aliphatic carbocycles. The molecule has 0 aliphatic heterocycles. The van der Waals surface area contributed by atoms with E-state index in [0.717, 1.165) is 5.00 Å². The number of thiophene rings is 1. The highest BCUT2D eigenvalue weighted by molar-refractivity contribution is 7.13. The van der Waals surface area contributed by atoms with Crippen molar-refractivity contribution in [1.29, 1.82) is 0 Å². The summed E-state index contributed by atoms with van der Waals surface area (Å²) in [5.41, 5.74) is 0.334. The Hall–Kier alpha value is -1.88. The molecule has 0 saturated carbocycles. The van der Waals surface area contributed by atoms with Gasteiger partial charge in [-0.3, -0.25) is 0 Å². The number of nitrogens with zero attached hydrogens (tertiary/aromatic N) is 2. The fraction of sp³-hybridized carbons (Fsp3) is 0. The van der Waals surface area contributed by atoms with Crippen LogP contribution >= 0.6 is 11.3 Å². The third-order valence-corrected chi connectivity index (χ3v) is 2.47. The van der Waals surface area contributed by atoms with Crippen molar-refractivity contribution in [3.8, 4) is 11.5 Å². The summed E-state index contributed by atoms with van der Waals surface area (Å²) in [6.07, 6.45) is 0. The molecular formula is C10H8N2O2S. The van der Waals surface area contributed by atoms with E-state index in [0.29, 0.717) is 5.69 Å². The zero-order chi connectivity index (χ0) is 10.7. The minimum atomic E-state index is -0.0877. The maximum Gasteiger partial charge on any atom is 0.146 e. The van der Waals surface area contributed by atoms with Crippen molar-refractivity contribution in [3.63, 3.8) is 0 Å². The first-order valence-corrected chi connectivity index (χ1v) is 5.11. The summed E-state index contributed by atoms with van der Waals surface area (Å²) in [7, 11) is 0. The Morgan fingerprint density at radius 2 is 1.93 bits per heavy atom. The average Bonchev–Trinajstić information content (AvgIpc) is 2.69. The Kier molecular flexibility index (Phi) is 2.64. The van der Waals surface area contributed by atoms with E-state index in [1.807, 2.05) is 17.5 Å². The average molecular weight is 220 g/mol. The molecule has 0 radical (unpaired) electrons. The molecule has 0 unspecified atom stereocenters. The van der Waals surface area contributed by atoms with Crippen LogP contribution in [0.3, 0.4) is 0 Å². The van der Waals surface area contributed by atoms with Crippen molar-refractivity contribution in [3.05, 3.63) is 35.7 Å². The maximum absolute atomic E-state index is 9.41. The summed E-state index contributed by atoms with van der Waals surface area (Å²) in [5, 5.41) is 28.9. The first kappa shape index (κ1) is 9.67. The Labute approximate surface area is 90.2 Å². The standard InChI is InChI=1S/C10H8N2O2S/c13-7-3-4-8(9(14)6-7)11-12-10-2-1-5-15-10/h1-6,13-14H. The second-order valence-electron chi connectivity index (χ2n) is 2.82. The number of hydrogen-bond acceptors (Lipinski definition) is 5. The highest BCUT2D eigenvalue weighted by Crippen LogP contribution is 2.31. The predicted molar refractivity (Wildman–Crippen MR) is 58.3 cm³/mol. The fourth-order valence-corrected chi connectivity index (χ4v) is 1.57. The summed E-state index contributed by atoms with van der Waals surface area (Å²) in [5.74, 6) is -0.0853. The fourth-order valence-electron chi connectivity index (χ4n) is 1.03. The van der Waals surface area contributed by atoms with Crippen molar-refractivity contribution >= 4 is 22.0 Å². The summed E-state index contributed by atoms with van der Waals surface area (Å²) in [6.45, 7) is 0. The minimum Gasteiger partial charge on any atom is -0.508 e. The van der Waals surface area contributed by atoms with Crippen LogP contribution in [0.25, 0.3) is 0 Å². The number of phenols is 2. The molecule has 0 atom stereocenters. The molecule has 1 aromatic carbocycles. The van der Waals surface area contributed by atoms with E-state index in [1.54, 1.807) is 0 Å². The molecule has 2 rings (SSSR count). The van der Waals surface area contributed by atoms with Gasteiger partial charge < -0.3 is 10.2 Å². The number of aromatic hydroxyl groups is 2. The lowest BCUT2D eigenvalue weighted by atomic mass is 10.3. The molecule has 0 saturated heterocycles. The van der Waals surface area contributed by atoms with Crippen molar-refractivity contribution in [2.75, 3.05) is 0 Å². The van der Waals surface area contributed by atoms with Crippen molar-refractivity contribution in [2.45, 2.75) is 0 Å². The first-order chi connectivity index (χ1) is 7.25. The molecule has 76 valence electrons. The highest BCUT2D eigenvalue weighted by Gasteiger charge is 2.00. The van der Waals surface area contributed by atoms with Crippen LogP contribution < -0.4 is 0 Å². The zero-order valence-electron chi connectivity index (χ0n) is 7.66. The molecule has 0 aliphatic rings. The molecule has 5 heteroatoms. The predicted octanol–water partition coefficient (Wildman–Crippen LogP) is 3.57. The lowest BCUT2D eigenvalue weighted by Crippen LogP contribution is -1.67. The van der Waals surface area contributed by atoms with E-state index in [1.165, 1.54) is 29.5 Å². The van der Waals surface area contributed by atoms with E-state index in [9.17, 15) is 5.11 Å². The van der Waals surface area contributed by atoms with Gasteiger partial charge in [-0.05, 0) is 29.6 Å². The minimum absolute atomic E-state index is 0.00238. The number of benzene rings is 1. The lowest BCUT2D eigenvalue weighted by Gasteiger charge is -1.97. The van der Waals surface area contributed by atoms with Gasteiger partial charge in [0.1, 0.15) is 22.2 Å². The molecule has 0 fully saturated rings. The number of phenolic OH excluding ortho intramolecular Hbond substituents is 2. The van der Waals surface area contributed by atoms with E-state index in [4.69, 9.17) is 5.11 Å². The van der Waals surface area contributed by atoms with Gasteiger partial charge in [-0.15, -0.1) is 21.6 Å². The lowest BCUT2D eigenvalue weighted by molar-refractivity contribution is 0.451. The molecule has 4 nitrogen and oxygen atoms in total. The Morgan fingerprint density at radius 3 is 2.60 bits per heavy atom. The van der Waals surface area contributed by atoms with E-state index in [-0.39, 0.29) is 11.5 Å². The van der Waals surface area contributed by atoms with E-state index >= 15 is 0 Å². The van der Waals surface area contributed by atoms with Crippen molar-refractivity contribution < 1.29 is 10.2 Å². The topological polar surface area (TPSA) is 65.2 Å². The maximum atomic E-state index is 9.41. The molecule has 0 amide bonds. The molecule has 0 spiro atoms. The highest BCUT2D eigenvalue weighted by atomic mass is 32.1. The van der Waals surface area contributed by atoms with Crippen molar-refractivity contribution in [2.24, 2.45) is 10.2 Å². The summed E-state index contributed by atoms with van der Waals surface area (Å²) >= 11 is 1.46. The second-order valence-corrected chi connectivity index (χ2v) is 3.75. The van der Waals surface area contributed by atoms with Gasteiger partial charge in [0.05, 0.1) is 0 Å². The van der Waals surface area contributed by atoms with Crippen molar-refractivity contribution in [1.82, 2.24) is 0 Å². The van der Waals surface area contributed by atoms with Crippen LogP contribution in [-0.4, -0.2) is 10.2 Å².